The molecule has 11 nitrogen and oxygen atoms in total. The minimum atomic E-state index is -2.61. The SMILES string of the molecule is CCCCCCCCCCCCCCC[C@@H](O)[C@H](COC1OC(CO)C(O)C(O)C1O)N=S(C)(=O)CCCCCCCCCCN1CCNCC1. The third-order valence-electron chi connectivity index (χ3n) is 10.6. The summed E-state index contributed by atoms with van der Waals surface area (Å²) >= 11 is 0. The number of hydrogen-bond donors (Lipinski definition) is 6. The number of aliphatic hydroxyl groups is 5. The predicted molar refractivity (Wildman–Crippen MR) is 207 cm³/mol. The Morgan fingerprint density at radius 1 is 0.765 bits per heavy atom. The molecule has 0 aromatic heterocycles. The van der Waals surface area contributed by atoms with Crippen LogP contribution in [0.25, 0.3) is 0 Å². The van der Waals surface area contributed by atoms with Gasteiger partial charge in [0.05, 0.1) is 19.3 Å². The van der Waals surface area contributed by atoms with E-state index in [1.807, 2.05) is 0 Å². The van der Waals surface area contributed by atoms with Crippen molar-refractivity contribution in [3.8, 4) is 0 Å². The van der Waals surface area contributed by atoms with E-state index in [4.69, 9.17) is 9.47 Å². The van der Waals surface area contributed by atoms with E-state index in [-0.39, 0.29) is 6.61 Å². The average molecular weight is 750 g/mol. The summed E-state index contributed by atoms with van der Waals surface area (Å²) in [5.74, 6) is 0.444. The van der Waals surface area contributed by atoms with Gasteiger partial charge >= 0.3 is 0 Å². The first kappa shape index (κ1) is 46.7. The number of ether oxygens (including phenoxy) is 2. The molecule has 0 saturated carbocycles. The largest absolute Gasteiger partial charge is 0.394 e. The first-order valence-electron chi connectivity index (χ1n) is 20.9. The Bertz CT molecular complexity index is 947. The third-order valence-corrected chi connectivity index (χ3v) is 12.4. The van der Waals surface area contributed by atoms with Gasteiger partial charge in [0.1, 0.15) is 30.5 Å². The molecule has 0 bridgehead atoms. The molecular formula is C39H79N3O8S. The standard InChI is InChI=1S/C39H79N3O8S/c1-3-4-5-6-7-8-9-10-11-12-15-18-21-24-34(44)33(32-49-39-38(47)37(46)36(45)35(31-43)50-39)41-51(2,48)30-23-20-17-14-13-16-19-22-27-42-28-25-40-26-29-42/h33-40,43-47H,3-32H2,1-2H3/t33-,34+,35?,36?,37?,38?,39?,51?/m0/s1. The van der Waals surface area contributed by atoms with Gasteiger partial charge in [-0.2, -0.15) is 0 Å². The summed E-state index contributed by atoms with van der Waals surface area (Å²) in [6.07, 6.45) is 19.5. The number of piperazine rings is 1. The molecule has 0 spiro atoms. The Balaban J connectivity index is 1.75. The lowest BCUT2D eigenvalue weighted by atomic mass is 9.99. The van der Waals surface area contributed by atoms with Crippen LogP contribution in [0.3, 0.4) is 0 Å². The molecule has 2 heterocycles. The molecule has 51 heavy (non-hydrogen) atoms. The van der Waals surface area contributed by atoms with Gasteiger partial charge in [0.25, 0.3) is 0 Å². The first-order chi connectivity index (χ1) is 24.7. The molecule has 2 aliphatic rings. The van der Waals surface area contributed by atoms with E-state index in [9.17, 15) is 29.7 Å². The maximum atomic E-state index is 13.6. The molecule has 8 atom stereocenters. The minimum Gasteiger partial charge on any atom is -0.394 e. The summed E-state index contributed by atoms with van der Waals surface area (Å²) in [5.41, 5.74) is 0. The van der Waals surface area contributed by atoms with Crippen LogP contribution in [-0.2, 0) is 19.2 Å². The lowest BCUT2D eigenvalue weighted by molar-refractivity contribution is -0.302. The fourth-order valence-corrected chi connectivity index (χ4v) is 8.83. The van der Waals surface area contributed by atoms with Gasteiger partial charge in [-0.25, -0.2) is 4.36 Å². The average Bonchev–Trinajstić information content (AvgIpc) is 3.12. The van der Waals surface area contributed by atoms with Gasteiger partial charge in [-0.05, 0) is 25.8 Å². The monoisotopic (exact) mass is 750 g/mol. The number of rotatable bonds is 31. The number of nitrogens with one attached hydrogen (secondary N) is 1. The van der Waals surface area contributed by atoms with Crippen molar-refractivity contribution < 1.29 is 39.2 Å². The van der Waals surface area contributed by atoms with Crippen LogP contribution >= 0.6 is 0 Å². The van der Waals surface area contributed by atoms with Gasteiger partial charge in [-0.15, -0.1) is 0 Å². The quantitative estimate of drug-likeness (QED) is 0.0524. The highest BCUT2D eigenvalue weighted by Crippen LogP contribution is 2.24. The summed E-state index contributed by atoms with van der Waals surface area (Å²) in [5, 5.41) is 54.9. The lowest BCUT2D eigenvalue weighted by Crippen LogP contribution is -2.59. The molecule has 0 amide bonds. The van der Waals surface area contributed by atoms with Crippen molar-refractivity contribution in [3.05, 3.63) is 0 Å². The second kappa shape index (κ2) is 29.0. The third kappa shape index (κ3) is 21.3. The highest BCUT2D eigenvalue weighted by Gasteiger charge is 2.44. The molecule has 6 unspecified atom stereocenters. The molecule has 2 fully saturated rings. The molecule has 304 valence electrons. The van der Waals surface area contributed by atoms with E-state index >= 15 is 0 Å². The topological polar surface area (TPSA) is 164 Å². The molecule has 0 radical (unpaired) electrons. The molecule has 0 aromatic carbocycles. The second-order valence-electron chi connectivity index (χ2n) is 15.4. The Morgan fingerprint density at radius 2 is 1.27 bits per heavy atom. The van der Waals surface area contributed by atoms with Crippen molar-refractivity contribution in [2.75, 3.05) is 57.9 Å². The zero-order chi connectivity index (χ0) is 37.2. The van der Waals surface area contributed by atoms with Crippen LogP contribution in [0, 0.1) is 0 Å². The number of aliphatic hydroxyl groups excluding tert-OH is 5. The minimum absolute atomic E-state index is 0.165. The molecular weight excluding hydrogens is 671 g/mol. The molecule has 2 aliphatic heterocycles. The van der Waals surface area contributed by atoms with E-state index in [1.165, 1.54) is 103 Å². The van der Waals surface area contributed by atoms with Gasteiger partial charge in [-0.3, -0.25) is 4.21 Å². The fourth-order valence-electron chi connectivity index (χ4n) is 7.21. The maximum absolute atomic E-state index is 13.6. The van der Waals surface area contributed by atoms with Crippen LogP contribution in [0.2, 0.25) is 0 Å². The number of nitrogens with zero attached hydrogens (tertiary/aromatic N) is 2. The predicted octanol–water partition coefficient (Wildman–Crippen LogP) is 5.14. The second-order valence-corrected chi connectivity index (χ2v) is 17.9. The van der Waals surface area contributed by atoms with Crippen LogP contribution in [0.4, 0.5) is 0 Å². The summed E-state index contributed by atoms with van der Waals surface area (Å²) in [6.45, 7) is 7.28. The molecule has 0 aromatic rings. The Hall–Kier alpha value is -0.410. The van der Waals surface area contributed by atoms with E-state index in [1.54, 1.807) is 6.26 Å². The Kier molecular flexibility index (Phi) is 26.5. The van der Waals surface area contributed by atoms with Crippen molar-refractivity contribution in [1.29, 1.82) is 0 Å². The molecule has 0 aliphatic carbocycles. The summed E-state index contributed by atoms with van der Waals surface area (Å²) in [4.78, 5) is 2.55. The van der Waals surface area contributed by atoms with Crippen molar-refractivity contribution in [1.82, 2.24) is 10.2 Å². The summed E-state index contributed by atoms with van der Waals surface area (Å²) in [6, 6.07) is -0.798. The number of unbranched alkanes of at least 4 members (excludes halogenated alkanes) is 19. The highest BCUT2D eigenvalue weighted by molar-refractivity contribution is 7.92. The highest BCUT2D eigenvalue weighted by atomic mass is 32.2. The zero-order valence-corrected chi connectivity index (χ0v) is 33.3. The van der Waals surface area contributed by atoms with Gasteiger partial charge in [-0.1, -0.05) is 129 Å². The maximum Gasteiger partial charge on any atom is 0.186 e. The van der Waals surface area contributed by atoms with E-state index in [2.05, 4.69) is 21.5 Å². The van der Waals surface area contributed by atoms with Crippen LogP contribution < -0.4 is 5.32 Å². The van der Waals surface area contributed by atoms with Crippen molar-refractivity contribution in [2.24, 2.45) is 4.36 Å². The van der Waals surface area contributed by atoms with Crippen molar-refractivity contribution in [3.63, 3.8) is 0 Å². The van der Waals surface area contributed by atoms with Gasteiger partial charge in [0, 0.05) is 47.9 Å². The van der Waals surface area contributed by atoms with Crippen LogP contribution in [0.15, 0.2) is 4.36 Å². The Morgan fingerprint density at radius 3 is 1.82 bits per heavy atom. The van der Waals surface area contributed by atoms with E-state index < -0.39 is 59.2 Å². The van der Waals surface area contributed by atoms with Crippen molar-refractivity contribution >= 4 is 9.73 Å². The van der Waals surface area contributed by atoms with E-state index in [0.717, 1.165) is 64.7 Å². The summed E-state index contributed by atoms with van der Waals surface area (Å²) < 4.78 is 29.5. The Labute approximate surface area is 311 Å². The van der Waals surface area contributed by atoms with Crippen LogP contribution in [-0.4, -0.2) is 135 Å². The van der Waals surface area contributed by atoms with E-state index in [0.29, 0.717) is 12.2 Å². The molecule has 2 saturated heterocycles. The van der Waals surface area contributed by atoms with Crippen LogP contribution in [0.1, 0.15) is 148 Å². The normalized spacial score (nSPS) is 25.4. The molecule has 12 heteroatoms. The smallest absolute Gasteiger partial charge is 0.186 e. The molecule has 6 N–H and O–H groups in total. The zero-order valence-electron chi connectivity index (χ0n) is 32.5. The lowest BCUT2D eigenvalue weighted by Gasteiger charge is -2.40. The number of hydrogen-bond acceptors (Lipinski definition) is 11. The summed E-state index contributed by atoms with van der Waals surface area (Å²) in [7, 11) is -2.61. The first-order valence-corrected chi connectivity index (χ1v) is 23.0. The van der Waals surface area contributed by atoms with Crippen LogP contribution in [0.5, 0.6) is 0 Å². The van der Waals surface area contributed by atoms with Gasteiger partial charge < -0.3 is 45.2 Å². The fraction of sp³-hybridized carbons (Fsp3) is 1.00. The van der Waals surface area contributed by atoms with Crippen molar-refractivity contribution in [2.45, 2.75) is 191 Å². The molecule has 2 rings (SSSR count). The van der Waals surface area contributed by atoms with Gasteiger partial charge in [0.15, 0.2) is 6.29 Å². The van der Waals surface area contributed by atoms with Gasteiger partial charge in [0.2, 0.25) is 0 Å².